The number of ether oxygens (including phenoxy) is 1. The first-order valence-corrected chi connectivity index (χ1v) is 19.9. The van der Waals surface area contributed by atoms with Crippen molar-refractivity contribution in [3.8, 4) is 0 Å². The molecule has 8 bridgehead atoms. The molecular formula is C36H66N8O. The molecule has 9 nitrogen and oxygen atoms in total. The first-order valence-electron chi connectivity index (χ1n) is 19.9. The molecular weight excluding hydrogens is 560 g/mol. The molecule has 5 heterocycles. The summed E-state index contributed by atoms with van der Waals surface area (Å²) in [5.74, 6) is 5.97. The highest BCUT2D eigenvalue weighted by atomic mass is 16.5. The zero-order valence-electron chi connectivity index (χ0n) is 28.4. The summed E-state index contributed by atoms with van der Waals surface area (Å²) in [6.45, 7) is 5.67. The maximum atomic E-state index is 4.83. The van der Waals surface area contributed by atoms with Crippen LogP contribution in [0.4, 0.5) is 0 Å². The molecule has 9 rings (SSSR count). The molecule has 0 aromatic rings. The van der Waals surface area contributed by atoms with E-state index in [1.165, 1.54) is 103 Å². The Kier molecular flexibility index (Phi) is 10.1. The van der Waals surface area contributed by atoms with Crippen molar-refractivity contribution < 1.29 is 4.74 Å². The molecule has 0 radical (unpaired) electrons. The maximum Gasteiger partial charge on any atom is 0.0628 e. The van der Waals surface area contributed by atoms with E-state index < -0.39 is 0 Å². The maximum absolute atomic E-state index is 4.83. The van der Waals surface area contributed by atoms with E-state index in [-0.39, 0.29) is 0 Å². The predicted octanol–water partition coefficient (Wildman–Crippen LogP) is 3.65. The van der Waals surface area contributed by atoms with Crippen LogP contribution in [-0.4, -0.2) is 62.5 Å². The van der Waals surface area contributed by atoms with Crippen LogP contribution in [0, 0.1) is 47.3 Å². The summed E-state index contributed by atoms with van der Waals surface area (Å²) in [5, 5.41) is 33.8. The number of hydrogen-bond donors (Lipinski definition) is 8. The average molecular weight is 627 g/mol. The summed E-state index contributed by atoms with van der Waals surface area (Å²) in [4.78, 5) is 0. The monoisotopic (exact) mass is 627 g/mol. The molecule has 9 aliphatic rings. The van der Waals surface area contributed by atoms with Gasteiger partial charge in [-0.1, -0.05) is 51.4 Å². The highest BCUT2D eigenvalue weighted by molar-refractivity contribution is 5.08. The Labute approximate surface area is 273 Å². The van der Waals surface area contributed by atoms with Crippen LogP contribution >= 0.6 is 0 Å². The van der Waals surface area contributed by atoms with E-state index in [1.54, 1.807) is 0 Å². The molecule has 5 aliphatic heterocycles. The summed E-state index contributed by atoms with van der Waals surface area (Å²) in [5.41, 5.74) is 0. The molecule has 8 atom stereocenters. The first kappa shape index (κ1) is 31.9. The zero-order valence-corrected chi connectivity index (χ0v) is 28.4. The van der Waals surface area contributed by atoms with Crippen molar-refractivity contribution in [1.29, 1.82) is 0 Å². The molecule has 0 spiro atoms. The lowest BCUT2D eigenvalue weighted by atomic mass is 9.76. The highest BCUT2D eigenvalue weighted by Crippen LogP contribution is 2.45. The Morgan fingerprint density at radius 2 is 0.467 bits per heavy atom. The van der Waals surface area contributed by atoms with Crippen LogP contribution in [0.15, 0.2) is 0 Å². The van der Waals surface area contributed by atoms with Crippen LogP contribution in [0.3, 0.4) is 0 Å². The van der Waals surface area contributed by atoms with Gasteiger partial charge in [0.1, 0.15) is 0 Å². The zero-order chi connectivity index (χ0) is 30.3. The quantitative estimate of drug-likeness (QED) is 0.233. The molecule has 4 aliphatic carbocycles. The summed E-state index contributed by atoms with van der Waals surface area (Å²) in [7, 11) is 0. The largest absolute Gasteiger partial charge is 0.382 e. The van der Waals surface area contributed by atoms with Crippen LogP contribution in [-0.2, 0) is 4.74 Å². The molecule has 5 saturated heterocycles. The molecule has 256 valence electrons. The number of hydrogen-bond acceptors (Lipinski definition) is 9. The van der Waals surface area contributed by atoms with E-state index in [0.717, 1.165) is 60.6 Å². The third kappa shape index (κ3) is 6.29. The van der Waals surface area contributed by atoms with Crippen LogP contribution < -0.4 is 42.5 Å². The van der Waals surface area contributed by atoms with Gasteiger partial charge in [0.05, 0.1) is 49.3 Å². The van der Waals surface area contributed by atoms with Gasteiger partial charge >= 0.3 is 0 Å². The third-order valence-corrected chi connectivity index (χ3v) is 14.2. The Morgan fingerprint density at radius 3 is 0.578 bits per heavy atom. The van der Waals surface area contributed by atoms with E-state index in [2.05, 4.69) is 42.5 Å². The number of rotatable bonds is 2. The van der Waals surface area contributed by atoms with E-state index in [0.29, 0.717) is 49.3 Å². The molecule has 9 heteroatoms. The lowest BCUT2D eigenvalue weighted by Crippen LogP contribution is -2.61. The van der Waals surface area contributed by atoms with Gasteiger partial charge < -0.3 is 4.74 Å². The highest BCUT2D eigenvalue weighted by Gasteiger charge is 2.54. The molecule has 0 aromatic heterocycles. The third-order valence-electron chi connectivity index (χ3n) is 14.2. The average Bonchev–Trinajstić information content (AvgIpc) is 3.81. The Hall–Kier alpha value is -0.360. The van der Waals surface area contributed by atoms with Crippen LogP contribution in [0.5, 0.6) is 0 Å². The van der Waals surface area contributed by atoms with Crippen molar-refractivity contribution >= 4 is 0 Å². The fraction of sp³-hybridized carbons (Fsp3) is 1.00. The van der Waals surface area contributed by atoms with Gasteiger partial charge in [0.2, 0.25) is 0 Å². The Morgan fingerprint density at radius 1 is 0.311 bits per heavy atom. The molecule has 8 unspecified atom stereocenters. The van der Waals surface area contributed by atoms with Crippen molar-refractivity contribution in [2.24, 2.45) is 47.3 Å². The topological polar surface area (TPSA) is 105 Å². The summed E-state index contributed by atoms with van der Waals surface area (Å²) < 4.78 is 4.83. The minimum atomic E-state index is 0.420. The van der Waals surface area contributed by atoms with Crippen LogP contribution in [0.1, 0.15) is 117 Å². The van der Waals surface area contributed by atoms with E-state index in [1.807, 2.05) is 13.8 Å². The van der Waals surface area contributed by atoms with Gasteiger partial charge in [-0.15, -0.1) is 0 Å². The van der Waals surface area contributed by atoms with Crippen LogP contribution in [0.2, 0.25) is 0 Å². The predicted molar refractivity (Wildman–Crippen MR) is 179 cm³/mol. The fourth-order valence-corrected chi connectivity index (χ4v) is 12.2. The summed E-state index contributed by atoms with van der Waals surface area (Å²) >= 11 is 0. The van der Waals surface area contributed by atoms with Gasteiger partial charge in [-0.05, 0) is 113 Å². The van der Waals surface area contributed by atoms with E-state index >= 15 is 0 Å². The van der Waals surface area contributed by atoms with E-state index in [9.17, 15) is 0 Å². The Balaban J connectivity index is 0.000000560. The lowest BCUT2D eigenvalue weighted by Gasteiger charge is -2.35. The Bertz CT molecular complexity index is 761. The van der Waals surface area contributed by atoms with Crippen molar-refractivity contribution in [3.05, 3.63) is 0 Å². The van der Waals surface area contributed by atoms with Gasteiger partial charge in [0, 0.05) is 13.2 Å². The molecule has 0 amide bonds. The summed E-state index contributed by atoms with van der Waals surface area (Å²) in [6, 6.07) is 0. The smallest absolute Gasteiger partial charge is 0.0628 e. The second-order valence-electron chi connectivity index (χ2n) is 16.4. The standard InChI is InChI=1S/C32H56N8.C4H10O/c1-2-10-18-17(9-1)25-33-26(18)38-28-21-13-5-6-14-22(21)30(35-28)40-32-24-16-8-7-15-23(24)31(36-32)39-29-20-12-4-3-11-19(20)27(34-29)37-25;1-3-5-4-2/h17-40H,1-16H2;3-4H2,1-2H3. The molecule has 45 heavy (non-hydrogen) atoms. The number of fused-ring (bicyclic) bond motifs is 20. The first-order chi connectivity index (χ1) is 22.2. The molecule has 9 fully saturated rings. The lowest BCUT2D eigenvalue weighted by molar-refractivity contribution is 0.162. The van der Waals surface area contributed by atoms with Gasteiger partial charge in [-0.25, -0.2) is 0 Å². The SMILES string of the molecule is C1CCC2C3NC(NC4NC(NC5NC(NC6NC(N3)C3CCCCC63)C3CCCCC53)C3CCCCC43)C2C1.CCOCC. The van der Waals surface area contributed by atoms with Gasteiger partial charge in [0.25, 0.3) is 0 Å². The van der Waals surface area contributed by atoms with Crippen molar-refractivity contribution in [1.82, 2.24) is 42.5 Å². The van der Waals surface area contributed by atoms with E-state index in [4.69, 9.17) is 4.74 Å². The van der Waals surface area contributed by atoms with Crippen molar-refractivity contribution in [2.45, 2.75) is 166 Å². The van der Waals surface area contributed by atoms with Gasteiger partial charge in [0.15, 0.2) is 0 Å². The van der Waals surface area contributed by atoms with Crippen molar-refractivity contribution in [3.63, 3.8) is 0 Å². The molecule has 4 saturated carbocycles. The minimum Gasteiger partial charge on any atom is -0.382 e. The normalized spacial score (nSPS) is 52.1. The second kappa shape index (κ2) is 14.2. The van der Waals surface area contributed by atoms with Gasteiger partial charge in [-0.3, -0.25) is 42.5 Å². The summed E-state index contributed by atoms with van der Waals surface area (Å²) in [6.07, 6.45) is 25.6. The molecule has 0 aromatic carbocycles. The fourth-order valence-electron chi connectivity index (χ4n) is 12.2. The van der Waals surface area contributed by atoms with Crippen molar-refractivity contribution in [2.75, 3.05) is 13.2 Å². The second-order valence-corrected chi connectivity index (χ2v) is 16.4. The number of nitrogens with one attached hydrogen (secondary N) is 8. The minimum absolute atomic E-state index is 0.420. The molecule has 8 N–H and O–H groups in total. The van der Waals surface area contributed by atoms with Gasteiger partial charge in [-0.2, -0.15) is 0 Å². The van der Waals surface area contributed by atoms with Crippen LogP contribution in [0.25, 0.3) is 0 Å².